The van der Waals surface area contributed by atoms with Gasteiger partial charge >= 0.3 is 0 Å². The van der Waals surface area contributed by atoms with E-state index in [-0.39, 0.29) is 18.0 Å². The molecule has 0 unspecified atom stereocenters. The highest BCUT2D eigenvalue weighted by Gasteiger charge is 2.39. The molecular formula is C16H21BrFNO. The molecular weight excluding hydrogens is 321 g/mol. The molecule has 1 aromatic carbocycles. The van der Waals surface area contributed by atoms with Crippen LogP contribution in [0.3, 0.4) is 0 Å². The van der Waals surface area contributed by atoms with Crippen LogP contribution in [0.4, 0.5) is 4.39 Å². The fourth-order valence-corrected chi connectivity index (χ4v) is 3.27. The van der Waals surface area contributed by atoms with Crippen LogP contribution < -0.4 is 5.73 Å². The molecule has 4 heteroatoms. The van der Waals surface area contributed by atoms with E-state index in [0.29, 0.717) is 22.5 Å². The zero-order chi connectivity index (χ0) is 14.8. The molecule has 0 saturated heterocycles. The molecule has 0 aliphatic heterocycles. The standard InChI is InChI=1S/C16H21BrFNO/c1-11-4-6-16(10-19,7-5-11)15(20)8-12-2-3-13(17)9-14(12)18/h2-3,9,11H,4-8,10,19H2,1H3. The minimum absolute atomic E-state index is 0.0909. The fourth-order valence-electron chi connectivity index (χ4n) is 2.94. The van der Waals surface area contributed by atoms with E-state index in [1.54, 1.807) is 12.1 Å². The van der Waals surface area contributed by atoms with Gasteiger partial charge in [-0.15, -0.1) is 0 Å². The predicted octanol–water partition coefficient (Wildman–Crippen LogP) is 3.86. The first kappa shape index (κ1) is 15.6. The van der Waals surface area contributed by atoms with Crippen LogP contribution >= 0.6 is 15.9 Å². The summed E-state index contributed by atoms with van der Waals surface area (Å²) in [7, 11) is 0. The van der Waals surface area contributed by atoms with Gasteiger partial charge in [0.2, 0.25) is 0 Å². The molecule has 2 nitrogen and oxygen atoms in total. The minimum Gasteiger partial charge on any atom is -0.329 e. The van der Waals surface area contributed by atoms with Gasteiger partial charge in [0.1, 0.15) is 11.6 Å². The van der Waals surface area contributed by atoms with Crippen molar-refractivity contribution in [1.29, 1.82) is 0 Å². The average Bonchev–Trinajstić information content (AvgIpc) is 2.43. The van der Waals surface area contributed by atoms with Gasteiger partial charge in [-0.05, 0) is 49.3 Å². The lowest BCUT2D eigenvalue weighted by Gasteiger charge is -2.37. The molecule has 1 aromatic rings. The molecule has 1 aliphatic carbocycles. The quantitative estimate of drug-likeness (QED) is 0.903. The zero-order valence-corrected chi connectivity index (χ0v) is 13.4. The van der Waals surface area contributed by atoms with Crippen molar-refractivity contribution in [2.75, 3.05) is 6.54 Å². The molecule has 0 aromatic heterocycles. The maximum Gasteiger partial charge on any atom is 0.144 e. The molecule has 2 N–H and O–H groups in total. The second-order valence-electron chi connectivity index (χ2n) is 6.00. The SMILES string of the molecule is CC1CCC(CN)(C(=O)Cc2ccc(Br)cc2F)CC1. The van der Waals surface area contributed by atoms with Crippen molar-refractivity contribution in [3.8, 4) is 0 Å². The first-order valence-corrected chi connectivity index (χ1v) is 7.93. The number of nitrogens with two attached hydrogens (primary N) is 1. The smallest absolute Gasteiger partial charge is 0.144 e. The Hall–Kier alpha value is -0.740. The van der Waals surface area contributed by atoms with Crippen LogP contribution in [0.5, 0.6) is 0 Å². The van der Waals surface area contributed by atoms with Gasteiger partial charge in [-0.3, -0.25) is 4.79 Å². The fraction of sp³-hybridized carbons (Fsp3) is 0.562. The van der Waals surface area contributed by atoms with E-state index in [2.05, 4.69) is 22.9 Å². The first-order chi connectivity index (χ1) is 9.47. The summed E-state index contributed by atoms with van der Waals surface area (Å²) in [6.07, 6.45) is 3.88. The van der Waals surface area contributed by atoms with Crippen molar-refractivity contribution in [2.24, 2.45) is 17.1 Å². The Morgan fingerprint density at radius 1 is 1.45 bits per heavy atom. The Morgan fingerprint density at radius 3 is 2.65 bits per heavy atom. The van der Waals surface area contributed by atoms with Crippen LogP contribution in [0.2, 0.25) is 0 Å². The molecule has 2 rings (SSSR count). The monoisotopic (exact) mass is 341 g/mol. The molecule has 110 valence electrons. The first-order valence-electron chi connectivity index (χ1n) is 7.14. The maximum absolute atomic E-state index is 13.9. The van der Waals surface area contributed by atoms with Gasteiger partial charge in [-0.25, -0.2) is 4.39 Å². The van der Waals surface area contributed by atoms with Gasteiger partial charge in [0.05, 0.1) is 0 Å². The number of carbonyl (C=O) groups excluding carboxylic acids is 1. The highest BCUT2D eigenvalue weighted by molar-refractivity contribution is 9.10. The second kappa shape index (κ2) is 6.35. The summed E-state index contributed by atoms with van der Waals surface area (Å²) in [6.45, 7) is 2.58. The number of halogens is 2. The molecule has 0 amide bonds. The van der Waals surface area contributed by atoms with E-state index < -0.39 is 5.41 Å². The lowest BCUT2D eigenvalue weighted by atomic mass is 9.67. The highest BCUT2D eigenvalue weighted by atomic mass is 79.9. The lowest BCUT2D eigenvalue weighted by Crippen LogP contribution is -2.42. The third-order valence-electron chi connectivity index (χ3n) is 4.58. The van der Waals surface area contributed by atoms with Crippen LogP contribution in [0.15, 0.2) is 22.7 Å². The van der Waals surface area contributed by atoms with Crippen molar-refractivity contribution in [3.05, 3.63) is 34.1 Å². The zero-order valence-electron chi connectivity index (χ0n) is 11.8. The third-order valence-corrected chi connectivity index (χ3v) is 5.07. The summed E-state index contributed by atoms with van der Waals surface area (Å²) in [4.78, 5) is 12.6. The van der Waals surface area contributed by atoms with Crippen molar-refractivity contribution in [3.63, 3.8) is 0 Å². The van der Waals surface area contributed by atoms with Gasteiger partial charge in [-0.2, -0.15) is 0 Å². The molecule has 0 bridgehead atoms. The summed E-state index contributed by atoms with van der Waals surface area (Å²) >= 11 is 3.22. The molecule has 1 saturated carbocycles. The molecule has 0 radical (unpaired) electrons. The Morgan fingerprint density at radius 2 is 2.10 bits per heavy atom. The second-order valence-corrected chi connectivity index (χ2v) is 6.92. The summed E-state index contributed by atoms with van der Waals surface area (Å²) in [5, 5.41) is 0. The Kier molecular flexibility index (Phi) is 4.97. The van der Waals surface area contributed by atoms with E-state index in [9.17, 15) is 9.18 Å². The minimum atomic E-state index is -0.438. The van der Waals surface area contributed by atoms with Gasteiger partial charge < -0.3 is 5.73 Å². The van der Waals surface area contributed by atoms with Crippen LogP contribution in [0, 0.1) is 17.2 Å². The lowest BCUT2D eigenvalue weighted by molar-refractivity contribution is -0.129. The molecule has 1 fully saturated rings. The molecule has 0 atom stereocenters. The van der Waals surface area contributed by atoms with Gasteiger partial charge in [-0.1, -0.05) is 28.9 Å². The van der Waals surface area contributed by atoms with Gasteiger partial charge in [0, 0.05) is 22.9 Å². The molecule has 20 heavy (non-hydrogen) atoms. The van der Waals surface area contributed by atoms with E-state index in [4.69, 9.17) is 5.73 Å². The van der Waals surface area contributed by atoms with Crippen LogP contribution in [0.1, 0.15) is 38.2 Å². The number of carbonyl (C=O) groups is 1. The number of rotatable bonds is 4. The van der Waals surface area contributed by atoms with Crippen molar-refractivity contribution in [2.45, 2.75) is 39.0 Å². The van der Waals surface area contributed by atoms with Crippen LogP contribution in [-0.4, -0.2) is 12.3 Å². The average molecular weight is 342 g/mol. The summed E-state index contributed by atoms with van der Waals surface area (Å²) in [6, 6.07) is 4.84. The van der Waals surface area contributed by atoms with Crippen molar-refractivity contribution in [1.82, 2.24) is 0 Å². The van der Waals surface area contributed by atoms with E-state index in [1.165, 1.54) is 6.07 Å². The summed E-state index contributed by atoms with van der Waals surface area (Å²) in [5.41, 5.74) is 5.90. The summed E-state index contributed by atoms with van der Waals surface area (Å²) < 4.78 is 14.5. The third kappa shape index (κ3) is 3.29. The summed E-state index contributed by atoms with van der Waals surface area (Å²) in [5.74, 6) is 0.420. The number of Topliss-reactive ketones (excluding diaryl/α,β-unsaturated/α-hetero) is 1. The molecule has 0 heterocycles. The van der Waals surface area contributed by atoms with Crippen LogP contribution in [0.25, 0.3) is 0 Å². The normalized spacial score (nSPS) is 26.5. The predicted molar refractivity (Wildman–Crippen MR) is 81.9 cm³/mol. The molecule has 0 spiro atoms. The Balaban J connectivity index is 2.13. The van der Waals surface area contributed by atoms with Crippen molar-refractivity contribution < 1.29 is 9.18 Å². The topological polar surface area (TPSA) is 43.1 Å². The number of hydrogen-bond acceptors (Lipinski definition) is 2. The molecule has 1 aliphatic rings. The number of ketones is 1. The van der Waals surface area contributed by atoms with E-state index in [1.807, 2.05) is 0 Å². The number of benzene rings is 1. The Labute approximate surface area is 128 Å². The maximum atomic E-state index is 13.9. The Bertz CT molecular complexity index is 495. The van der Waals surface area contributed by atoms with E-state index >= 15 is 0 Å². The van der Waals surface area contributed by atoms with Gasteiger partial charge in [0.15, 0.2) is 0 Å². The largest absolute Gasteiger partial charge is 0.329 e. The number of hydrogen-bond donors (Lipinski definition) is 1. The van der Waals surface area contributed by atoms with Crippen molar-refractivity contribution >= 4 is 21.7 Å². The van der Waals surface area contributed by atoms with Gasteiger partial charge in [0.25, 0.3) is 0 Å². The highest BCUT2D eigenvalue weighted by Crippen LogP contribution is 2.39. The van der Waals surface area contributed by atoms with E-state index in [0.717, 1.165) is 25.7 Å². The van der Waals surface area contributed by atoms with Crippen LogP contribution in [-0.2, 0) is 11.2 Å².